The molecule has 1 heterocycles. The molecule has 1 fully saturated rings. The number of nitrogens with zero attached hydrogens (tertiary/aromatic N) is 1. The topological polar surface area (TPSA) is 92.5 Å². The van der Waals surface area contributed by atoms with Gasteiger partial charge in [0.2, 0.25) is 11.8 Å². The molecule has 1 saturated heterocycles. The number of carbonyl (C=O) groups is 3. The number of barbiturate groups is 1. The van der Waals surface area contributed by atoms with E-state index < -0.39 is 23.3 Å². The van der Waals surface area contributed by atoms with Gasteiger partial charge in [0.1, 0.15) is 5.41 Å². The monoisotopic (exact) mass is 227 g/mol. The lowest BCUT2D eigenvalue weighted by atomic mass is 9.82. The third-order valence-corrected chi connectivity index (χ3v) is 2.78. The smallest absolute Gasteiger partial charge is 0.330 e. The Labute approximate surface area is 94.2 Å². The quantitative estimate of drug-likeness (QED) is 0.652. The first-order chi connectivity index (χ1) is 7.47. The van der Waals surface area contributed by atoms with Crippen LogP contribution in [0.15, 0.2) is 0 Å². The molecule has 1 aliphatic heterocycles. The number of hydrogen-bond acceptors (Lipinski definition) is 4. The van der Waals surface area contributed by atoms with Crippen molar-refractivity contribution in [2.24, 2.45) is 11.1 Å². The van der Waals surface area contributed by atoms with Gasteiger partial charge < -0.3 is 5.73 Å². The molecule has 1 unspecified atom stereocenters. The molecule has 0 aromatic rings. The molecule has 0 aliphatic carbocycles. The van der Waals surface area contributed by atoms with Gasteiger partial charge in [0.15, 0.2) is 0 Å². The summed E-state index contributed by atoms with van der Waals surface area (Å²) in [6.45, 7) is 3.92. The summed E-state index contributed by atoms with van der Waals surface area (Å²) in [5.74, 6) is -1.01. The Kier molecular flexibility index (Phi) is 3.64. The third kappa shape index (κ3) is 1.92. The predicted molar refractivity (Wildman–Crippen MR) is 57.3 cm³/mol. The Morgan fingerprint density at radius 1 is 1.38 bits per heavy atom. The molecule has 0 radical (unpaired) electrons. The zero-order valence-corrected chi connectivity index (χ0v) is 9.58. The number of imide groups is 2. The number of nitrogens with one attached hydrogen (secondary N) is 1. The minimum atomic E-state index is -1.21. The van der Waals surface area contributed by atoms with E-state index >= 15 is 0 Å². The van der Waals surface area contributed by atoms with Crippen molar-refractivity contribution >= 4 is 17.8 Å². The van der Waals surface area contributed by atoms with Crippen molar-refractivity contribution in [3.63, 3.8) is 0 Å². The average molecular weight is 227 g/mol. The minimum Gasteiger partial charge on any atom is -0.330 e. The molecule has 0 aromatic heterocycles. The SMILES string of the molecule is CCCN1C(=O)NC(=O)C(C)(CCN)C1=O. The van der Waals surface area contributed by atoms with Crippen molar-refractivity contribution in [2.75, 3.05) is 13.1 Å². The normalized spacial score (nSPS) is 25.9. The summed E-state index contributed by atoms with van der Waals surface area (Å²) in [5.41, 5.74) is 4.18. The van der Waals surface area contributed by atoms with Crippen molar-refractivity contribution in [1.82, 2.24) is 10.2 Å². The van der Waals surface area contributed by atoms with E-state index in [4.69, 9.17) is 5.73 Å². The number of hydrogen-bond donors (Lipinski definition) is 2. The van der Waals surface area contributed by atoms with Gasteiger partial charge >= 0.3 is 6.03 Å². The molecule has 6 heteroatoms. The molecule has 16 heavy (non-hydrogen) atoms. The number of carbonyl (C=O) groups excluding carboxylic acids is 3. The first kappa shape index (κ1) is 12.6. The molecule has 0 bridgehead atoms. The lowest BCUT2D eigenvalue weighted by Gasteiger charge is -2.36. The summed E-state index contributed by atoms with van der Waals surface area (Å²) in [6, 6.07) is -0.633. The average Bonchev–Trinajstić information content (AvgIpc) is 2.23. The van der Waals surface area contributed by atoms with Crippen LogP contribution in [0.4, 0.5) is 4.79 Å². The molecular weight excluding hydrogens is 210 g/mol. The maximum Gasteiger partial charge on any atom is 0.330 e. The fraction of sp³-hybridized carbons (Fsp3) is 0.700. The van der Waals surface area contributed by atoms with E-state index in [1.54, 1.807) is 0 Å². The molecule has 3 N–H and O–H groups in total. The fourth-order valence-electron chi connectivity index (χ4n) is 1.73. The highest BCUT2D eigenvalue weighted by Gasteiger charge is 2.49. The van der Waals surface area contributed by atoms with Gasteiger partial charge in [-0.2, -0.15) is 0 Å². The van der Waals surface area contributed by atoms with Gasteiger partial charge in [-0.1, -0.05) is 6.92 Å². The zero-order chi connectivity index (χ0) is 12.3. The molecule has 1 atom stereocenters. The number of urea groups is 1. The Balaban J connectivity index is 2.98. The van der Waals surface area contributed by atoms with E-state index in [0.29, 0.717) is 13.0 Å². The Morgan fingerprint density at radius 2 is 2.00 bits per heavy atom. The van der Waals surface area contributed by atoms with Gasteiger partial charge in [-0.15, -0.1) is 0 Å². The van der Waals surface area contributed by atoms with Gasteiger partial charge in [0, 0.05) is 6.54 Å². The van der Waals surface area contributed by atoms with Crippen LogP contribution in [-0.2, 0) is 9.59 Å². The predicted octanol–water partition coefficient (Wildman–Crippen LogP) is -0.170. The second-order valence-electron chi connectivity index (χ2n) is 4.09. The summed E-state index contributed by atoms with van der Waals surface area (Å²) in [5, 5.41) is 2.19. The second-order valence-corrected chi connectivity index (χ2v) is 4.09. The highest BCUT2D eigenvalue weighted by molar-refractivity contribution is 6.18. The molecule has 0 saturated carbocycles. The van der Waals surface area contributed by atoms with E-state index in [1.165, 1.54) is 6.92 Å². The molecule has 90 valence electrons. The van der Waals surface area contributed by atoms with Crippen molar-refractivity contribution in [1.29, 1.82) is 0 Å². The molecule has 1 rings (SSSR count). The van der Waals surface area contributed by atoms with Crippen LogP contribution in [0.5, 0.6) is 0 Å². The molecule has 6 nitrogen and oxygen atoms in total. The summed E-state index contributed by atoms with van der Waals surface area (Å²) in [6.07, 6.45) is 0.900. The maximum atomic E-state index is 12.0. The summed E-state index contributed by atoms with van der Waals surface area (Å²) in [7, 11) is 0. The number of nitrogens with two attached hydrogens (primary N) is 1. The standard InChI is InChI=1S/C10H17N3O3/c1-3-6-13-8(15)10(2,4-5-11)7(14)12-9(13)16/h3-6,11H2,1-2H3,(H,12,14,16). The molecule has 1 aliphatic rings. The number of rotatable bonds is 4. The van der Waals surface area contributed by atoms with Crippen LogP contribution in [0.2, 0.25) is 0 Å². The molecule has 0 spiro atoms. The van der Waals surface area contributed by atoms with Gasteiger partial charge in [-0.3, -0.25) is 19.8 Å². The highest BCUT2D eigenvalue weighted by atomic mass is 16.2. The van der Waals surface area contributed by atoms with Crippen molar-refractivity contribution in [3.8, 4) is 0 Å². The lowest BCUT2D eigenvalue weighted by Crippen LogP contribution is -2.63. The highest BCUT2D eigenvalue weighted by Crippen LogP contribution is 2.27. The van der Waals surface area contributed by atoms with Gasteiger partial charge in [-0.05, 0) is 26.3 Å². The second kappa shape index (κ2) is 4.61. The van der Waals surface area contributed by atoms with Crippen molar-refractivity contribution in [3.05, 3.63) is 0 Å². The van der Waals surface area contributed by atoms with Crippen LogP contribution < -0.4 is 11.1 Å². The summed E-state index contributed by atoms with van der Waals surface area (Å²) >= 11 is 0. The Hall–Kier alpha value is -1.43. The Bertz CT molecular complexity index is 329. The van der Waals surface area contributed by atoms with Crippen LogP contribution in [0, 0.1) is 5.41 Å². The Morgan fingerprint density at radius 3 is 2.50 bits per heavy atom. The van der Waals surface area contributed by atoms with Crippen LogP contribution >= 0.6 is 0 Å². The molecular formula is C10H17N3O3. The first-order valence-electron chi connectivity index (χ1n) is 5.34. The van der Waals surface area contributed by atoms with Gasteiger partial charge in [0.05, 0.1) is 0 Å². The molecule has 0 aromatic carbocycles. The van der Waals surface area contributed by atoms with E-state index in [9.17, 15) is 14.4 Å². The van der Waals surface area contributed by atoms with Crippen LogP contribution in [-0.4, -0.2) is 35.8 Å². The van der Waals surface area contributed by atoms with E-state index in [2.05, 4.69) is 5.32 Å². The van der Waals surface area contributed by atoms with E-state index in [1.807, 2.05) is 6.92 Å². The first-order valence-corrected chi connectivity index (χ1v) is 5.34. The van der Waals surface area contributed by atoms with Crippen LogP contribution in [0.25, 0.3) is 0 Å². The zero-order valence-electron chi connectivity index (χ0n) is 9.58. The fourth-order valence-corrected chi connectivity index (χ4v) is 1.73. The molecule has 4 amide bonds. The van der Waals surface area contributed by atoms with Crippen molar-refractivity contribution in [2.45, 2.75) is 26.7 Å². The van der Waals surface area contributed by atoms with Gasteiger partial charge in [-0.25, -0.2) is 4.79 Å². The van der Waals surface area contributed by atoms with E-state index in [0.717, 1.165) is 4.90 Å². The van der Waals surface area contributed by atoms with E-state index in [-0.39, 0.29) is 13.0 Å². The summed E-state index contributed by atoms with van der Waals surface area (Å²) < 4.78 is 0. The lowest BCUT2D eigenvalue weighted by molar-refractivity contribution is -0.150. The number of amides is 4. The minimum absolute atomic E-state index is 0.226. The van der Waals surface area contributed by atoms with Crippen LogP contribution in [0.1, 0.15) is 26.7 Å². The summed E-state index contributed by atoms with van der Waals surface area (Å²) in [4.78, 5) is 36.2. The van der Waals surface area contributed by atoms with Crippen molar-refractivity contribution < 1.29 is 14.4 Å². The van der Waals surface area contributed by atoms with Gasteiger partial charge in [0.25, 0.3) is 0 Å². The largest absolute Gasteiger partial charge is 0.330 e. The third-order valence-electron chi connectivity index (χ3n) is 2.78. The van der Waals surface area contributed by atoms with Crippen LogP contribution in [0.3, 0.4) is 0 Å². The maximum absolute atomic E-state index is 12.0.